The molecule has 2 aromatic rings. The lowest BCUT2D eigenvalue weighted by molar-refractivity contribution is -0.159. The van der Waals surface area contributed by atoms with Gasteiger partial charge in [0.05, 0.1) is 5.88 Å². The van der Waals surface area contributed by atoms with E-state index in [2.05, 4.69) is 28.1 Å². The number of hydrogen-bond acceptors (Lipinski definition) is 7. The van der Waals surface area contributed by atoms with E-state index in [9.17, 15) is 19.2 Å². The predicted molar refractivity (Wildman–Crippen MR) is 160 cm³/mol. The van der Waals surface area contributed by atoms with Gasteiger partial charge >= 0.3 is 12.1 Å². The van der Waals surface area contributed by atoms with E-state index in [0.717, 1.165) is 22.3 Å². The van der Waals surface area contributed by atoms with Gasteiger partial charge in [0.15, 0.2) is 0 Å². The number of benzene rings is 2. The molecule has 9 nitrogen and oxygen atoms in total. The third kappa shape index (κ3) is 9.52. The van der Waals surface area contributed by atoms with Crippen LogP contribution < -0.4 is 16.0 Å². The fourth-order valence-corrected chi connectivity index (χ4v) is 5.52. The lowest BCUT2D eigenvalue weighted by Crippen LogP contribution is -2.54. The zero-order valence-electron chi connectivity index (χ0n) is 24.6. The summed E-state index contributed by atoms with van der Waals surface area (Å²) in [4.78, 5) is 50.5. The molecular formula is C31H41N3O6S. The molecule has 0 spiro atoms. The lowest BCUT2D eigenvalue weighted by atomic mass is 9.98. The Morgan fingerprint density at radius 1 is 0.902 bits per heavy atom. The first-order valence-corrected chi connectivity index (χ1v) is 15.0. The molecule has 3 N–H and O–H groups in total. The summed E-state index contributed by atoms with van der Waals surface area (Å²) < 4.78 is 11.2. The number of fused-ring (bicyclic) bond motifs is 3. The van der Waals surface area contributed by atoms with Crippen molar-refractivity contribution in [1.82, 2.24) is 16.0 Å². The second-order valence-corrected chi connectivity index (χ2v) is 12.5. The Hall–Kier alpha value is -3.53. The number of ether oxygens (including phenoxy) is 2. The number of esters is 1. The highest BCUT2D eigenvalue weighted by molar-refractivity contribution is 7.99. The second-order valence-electron chi connectivity index (χ2n) is 11.5. The van der Waals surface area contributed by atoms with Crippen LogP contribution in [-0.4, -0.2) is 59.8 Å². The van der Waals surface area contributed by atoms with Crippen molar-refractivity contribution >= 4 is 35.6 Å². The summed E-state index contributed by atoms with van der Waals surface area (Å²) in [5.74, 6) is -0.889. The van der Waals surface area contributed by atoms with Crippen molar-refractivity contribution < 1.29 is 28.7 Å². The summed E-state index contributed by atoms with van der Waals surface area (Å²) >= 11 is 1.26. The van der Waals surface area contributed by atoms with Crippen molar-refractivity contribution in [3.05, 3.63) is 59.7 Å². The first kappa shape index (κ1) is 32.0. The van der Waals surface area contributed by atoms with E-state index in [0.29, 0.717) is 6.42 Å². The fraction of sp³-hybridized carbons (Fsp3) is 0.484. The van der Waals surface area contributed by atoms with Gasteiger partial charge in [0.25, 0.3) is 0 Å². The van der Waals surface area contributed by atoms with Crippen LogP contribution in [0, 0.1) is 5.92 Å². The Morgan fingerprint density at radius 3 is 2.02 bits per heavy atom. The molecule has 0 radical (unpaired) electrons. The third-order valence-corrected chi connectivity index (χ3v) is 7.29. The van der Waals surface area contributed by atoms with Gasteiger partial charge in [-0.25, -0.2) is 9.59 Å². The van der Waals surface area contributed by atoms with E-state index in [1.807, 2.05) is 50.2 Å². The lowest BCUT2D eigenvalue weighted by Gasteiger charge is -2.27. The van der Waals surface area contributed by atoms with E-state index in [1.54, 1.807) is 20.8 Å². The Morgan fingerprint density at radius 2 is 1.49 bits per heavy atom. The number of carbonyl (C=O) groups is 4. The van der Waals surface area contributed by atoms with Crippen LogP contribution in [0.15, 0.2) is 48.5 Å². The second kappa shape index (κ2) is 14.4. The highest BCUT2D eigenvalue weighted by atomic mass is 32.2. The van der Waals surface area contributed by atoms with Crippen LogP contribution in [0.25, 0.3) is 11.1 Å². The molecule has 10 heteroatoms. The van der Waals surface area contributed by atoms with Crippen LogP contribution >= 0.6 is 11.8 Å². The molecule has 3 rings (SSSR count). The summed E-state index contributed by atoms with van der Waals surface area (Å²) in [5.41, 5.74) is 3.67. The summed E-state index contributed by atoms with van der Waals surface area (Å²) in [6, 6.07) is 14.2. The fourth-order valence-electron chi connectivity index (χ4n) is 4.63. The van der Waals surface area contributed by atoms with Gasteiger partial charge in [0.1, 0.15) is 24.3 Å². The van der Waals surface area contributed by atoms with Gasteiger partial charge in [-0.1, -0.05) is 62.4 Å². The topological polar surface area (TPSA) is 123 Å². The minimum atomic E-state index is -1.01. The molecule has 41 heavy (non-hydrogen) atoms. The molecule has 1 aliphatic carbocycles. The Labute approximate surface area is 246 Å². The average Bonchev–Trinajstić information content (AvgIpc) is 3.21. The monoisotopic (exact) mass is 583 g/mol. The number of carbonyl (C=O) groups excluding carboxylic acids is 4. The minimum Gasteiger partial charge on any atom is -0.458 e. The molecule has 0 aliphatic heterocycles. The summed E-state index contributed by atoms with van der Waals surface area (Å²) in [6.07, 6.45) is -0.373. The van der Waals surface area contributed by atoms with Crippen LogP contribution in [0.2, 0.25) is 0 Å². The molecular weight excluding hydrogens is 542 g/mol. The molecule has 0 fully saturated rings. The molecule has 0 bridgehead atoms. The van der Waals surface area contributed by atoms with Crippen molar-refractivity contribution in [2.45, 2.75) is 71.6 Å². The Balaban J connectivity index is 1.69. The minimum absolute atomic E-state index is 0.0983. The molecule has 2 atom stereocenters. The number of hydrogen-bond donors (Lipinski definition) is 3. The third-order valence-electron chi connectivity index (χ3n) is 6.37. The van der Waals surface area contributed by atoms with Crippen molar-refractivity contribution in [3.63, 3.8) is 0 Å². The van der Waals surface area contributed by atoms with Crippen molar-refractivity contribution in [2.24, 2.45) is 5.92 Å². The number of thioether (sulfide) groups is 1. The van der Waals surface area contributed by atoms with Gasteiger partial charge in [-0.05, 0) is 55.4 Å². The molecule has 222 valence electrons. The maximum Gasteiger partial charge on any atom is 0.407 e. The van der Waals surface area contributed by atoms with Gasteiger partial charge in [-0.3, -0.25) is 9.59 Å². The number of nitrogens with one attached hydrogen (secondary N) is 3. The molecule has 0 saturated carbocycles. The van der Waals surface area contributed by atoms with Gasteiger partial charge in [0.2, 0.25) is 11.8 Å². The van der Waals surface area contributed by atoms with E-state index in [1.165, 1.54) is 18.7 Å². The van der Waals surface area contributed by atoms with Crippen molar-refractivity contribution in [3.8, 4) is 11.1 Å². The number of alkyl carbamates (subject to hydrolysis) is 1. The van der Waals surface area contributed by atoms with Crippen molar-refractivity contribution in [1.29, 1.82) is 0 Å². The largest absolute Gasteiger partial charge is 0.458 e. The number of rotatable bonds is 12. The number of amides is 3. The molecule has 2 aromatic carbocycles. The maximum absolute atomic E-state index is 13.4. The standard InChI is InChI=1S/C31H41N3O6S/c1-19(2)15-26(29(37)40-31(4,5)6)33-28(36)27(17-41-18-32-20(3)35)34-30(38)39-16-25-23-13-9-7-11-21(23)22-12-8-10-14-24(22)25/h7-14,19,25-27H,15-18H2,1-6H3,(H,32,35)(H,33,36)(H,34,38)/t26-,27-/m0/s1. The first-order chi connectivity index (χ1) is 19.4. The van der Waals surface area contributed by atoms with Gasteiger partial charge in [-0.15, -0.1) is 11.8 Å². The quantitative estimate of drug-likeness (QED) is 0.190. The van der Waals surface area contributed by atoms with Gasteiger partial charge in [-0.2, -0.15) is 0 Å². The highest BCUT2D eigenvalue weighted by Gasteiger charge is 2.32. The smallest absolute Gasteiger partial charge is 0.407 e. The van der Waals surface area contributed by atoms with Crippen molar-refractivity contribution in [2.75, 3.05) is 18.2 Å². The maximum atomic E-state index is 13.4. The normalized spacial score (nSPS) is 13.9. The average molecular weight is 584 g/mol. The summed E-state index contributed by atoms with van der Waals surface area (Å²) in [5, 5.41) is 8.09. The highest BCUT2D eigenvalue weighted by Crippen LogP contribution is 2.44. The van der Waals surface area contributed by atoms with Crippen LogP contribution in [0.4, 0.5) is 4.79 Å². The van der Waals surface area contributed by atoms with Crippen LogP contribution in [0.5, 0.6) is 0 Å². The van der Waals surface area contributed by atoms with Crippen LogP contribution in [0.1, 0.15) is 65.0 Å². The molecule has 0 aromatic heterocycles. The van der Waals surface area contributed by atoms with E-state index in [-0.39, 0.29) is 36.0 Å². The molecule has 0 heterocycles. The predicted octanol–water partition coefficient (Wildman–Crippen LogP) is 4.59. The van der Waals surface area contributed by atoms with Crippen LogP contribution in [-0.2, 0) is 23.9 Å². The SMILES string of the molecule is CC(=O)NCSC[C@H](NC(=O)OCC1c2ccccc2-c2ccccc21)C(=O)N[C@@H](CC(C)C)C(=O)OC(C)(C)C. The van der Waals surface area contributed by atoms with E-state index >= 15 is 0 Å². The zero-order chi connectivity index (χ0) is 30.2. The molecule has 1 aliphatic rings. The molecule has 0 unspecified atom stereocenters. The van der Waals surface area contributed by atoms with Crippen LogP contribution in [0.3, 0.4) is 0 Å². The van der Waals surface area contributed by atoms with Gasteiger partial charge < -0.3 is 25.4 Å². The Bertz CT molecular complexity index is 1200. The van der Waals surface area contributed by atoms with E-state index < -0.39 is 35.7 Å². The molecule has 3 amide bonds. The zero-order valence-corrected chi connectivity index (χ0v) is 25.4. The van der Waals surface area contributed by atoms with E-state index in [4.69, 9.17) is 9.47 Å². The summed E-state index contributed by atoms with van der Waals surface area (Å²) in [6.45, 7) is 10.7. The summed E-state index contributed by atoms with van der Waals surface area (Å²) in [7, 11) is 0. The first-order valence-electron chi connectivity index (χ1n) is 13.8. The van der Waals surface area contributed by atoms with Gasteiger partial charge in [0, 0.05) is 18.6 Å². The molecule has 0 saturated heterocycles. The Kier molecular flexibility index (Phi) is 11.2.